The normalized spacial score (nSPS) is 17.5. The Bertz CT molecular complexity index is 1370. The van der Waals surface area contributed by atoms with Gasteiger partial charge in [0.1, 0.15) is 17.7 Å². The summed E-state index contributed by atoms with van der Waals surface area (Å²) in [6.07, 6.45) is 1.46. The molecule has 3 atom stereocenters. The molecule has 0 radical (unpaired) electrons. The number of halogens is 2. The highest BCUT2D eigenvalue weighted by atomic mass is 35.5. The van der Waals surface area contributed by atoms with Crippen molar-refractivity contribution in [1.82, 2.24) is 5.32 Å². The SMILES string of the molecule is C[C@@H](NCC[C@@H]1C[C@H](c2ccc(F)c(C(=O)O)c2)c2ccccc2O1)c1cccc2ccccc12.Cl. The van der Waals surface area contributed by atoms with Crippen molar-refractivity contribution in [2.45, 2.75) is 37.8 Å². The lowest BCUT2D eigenvalue weighted by atomic mass is 9.83. The monoisotopic (exact) mass is 505 g/mol. The molecule has 2 N–H and O–H groups in total. The molecule has 1 aliphatic heterocycles. The van der Waals surface area contributed by atoms with Crippen LogP contribution in [0.25, 0.3) is 10.8 Å². The number of fused-ring (bicyclic) bond motifs is 2. The second kappa shape index (κ2) is 11.1. The molecule has 0 fully saturated rings. The Morgan fingerprint density at radius 2 is 1.81 bits per heavy atom. The molecule has 5 rings (SSSR count). The van der Waals surface area contributed by atoms with Crippen molar-refractivity contribution >= 4 is 29.1 Å². The highest BCUT2D eigenvalue weighted by Gasteiger charge is 2.30. The summed E-state index contributed by atoms with van der Waals surface area (Å²) in [7, 11) is 0. The maximum Gasteiger partial charge on any atom is 0.338 e. The Morgan fingerprint density at radius 1 is 1.06 bits per heavy atom. The van der Waals surface area contributed by atoms with Crippen molar-refractivity contribution in [3.63, 3.8) is 0 Å². The average Bonchev–Trinajstić information content (AvgIpc) is 2.88. The molecule has 4 aromatic carbocycles. The minimum Gasteiger partial charge on any atom is -0.490 e. The number of para-hydroxylation sites is 1. The lowest BCUT2D eigenvalue weighted by Crippen LogP contribution is -2.31. The third kappa shape index (κ3) is 5.23. The van der Waals surface area contributed by atoms with Gasteiger partial charge in [-0.2, -0.15) is 0 Å². The van der Waals surface area contributed by atoms with Crippen LogP contribution in [0.1, 0.15) is 58.8 Å². The van der Waals surface area contributed by atoms with Gasteiger partial charge in [-0.1, -0.05) is 66.7 Å². The van der Waals surface area contributed by atoms with Gasteiger partial charge in [-0.05, 0) is 66.4 Å². The zero-order valence-electron chi connectivity index (χ0n) is 20.0. The highest BCUT2D eigenvalue weighted by Crippen LogP contribution is 2.41. The van der Waals surface area contributed by atoms with Crippen molar-refractivity contribution < 1.29 is 19.0 Å². The topological polar surface area (TPSA) is 58.6 Å². The molecule has 0 aromatic heterocycles. The minimum atomic E-state index is -1.26. The minimum absolute atomic E-state index is 0. The van der Waals surface area contributed by atoms with Crippen LogP contribution in [0.5, 0.6) is 5.75 Å². The molecule has 0 spiro atoms. The molecule has 4 nitrogen and oxygen atoms in total. The van der Waals surface area contributed by atoms with Crippen LogP contribution >= 0.6 is 12.4 Å². The van der Waals surface area contributed by atoms with Gasteiger partial charge in [0.2, 0.25) is 0 Å². The van der Waals surface area contributed by atoms with Crippen molar-refractivity contribution in [2.24, 2.45) is 0 Å². The Labute approximate surface area is 216 Å². The van der Waals surface area contributed by atoms with E-state index in [9.17, 15) is 14.3 Å². The Balaban J connectivity index is 0.00000304. The average molecular weight is 506 g/mol. The molecule has 1 heterocycles. The van der Waals surface area contributed by atoms with E-state index in [1.165, 1.54) is 28.5 Å². The van der Waals surface area contributed by atoms with E-state index in [1.807, 2.05) is 24.3 Å². The van der Waals surface area contributed by atoms with Gasteiger partial charge in [-0.15, -0.1) is 12.4 Å². The summed E-state index contributed by atoms with van der Waals surface area (Å²) in [4.78, 5) is 11.5. The summed E-state index contributed by atoms with van der Waals surface area (Å²) in [5, 5.41) is 15.5. The number of ether oxygens (including phenoxy) is 1. The third-order valence-electron chi connectivity index (χ3n) is 6.92. The van der Waals surface area contributed by atoms with E-state index in [1.54, 1.807) is 6.07 Å². The van der Waals surface area contributed by atoms with Crippen LogP contribution in [0, 0.1) is 5.82 Å². The summed E-state index contributed by atoms with van der Waals surface area (Å²) >= 11 is 0. The first-order chi connectivity index (χ1) is 17.0. The van der Waals surface area contributed by atoms with Gasteiger partial charge < -0.3 is 15.2 Å². The number of nitrogens with one attached hydrogen (secondary N) is 1. The van der Waals surface area contributed by atoms with Gasteiger partial charge in [0.05, 0.1) is 5.56 Å². The molecule has 186 valence electrons. The summed E-state index contributed by atoms with van der Waals surface area (Å²) in [5.74, 6) is -1.23. The van der Waals surface area contributed by atoms with E-state index in [2.05, 4.69) is 54.7 Å². The lowest BCUT2D eigenvalue weighted by Gasteiger charge is -2.33. The van der Waals surface area contributed by atoms with Crippen molar-refractivity contribution in [3.05, 3.63) is 113 Å². The second-order valence-corrected chi connectivity index (χ2v) is 9.14. The molecule has 0 amide bonds. The van der Waals surface area contributed by atoms with Crippen LogP contribution in [0.15, 0.2) is 84.9 Å². The number of hydrogen-bond donors (Lipinski definition) is 2. The predicted molar refractivity (Wildman–Crippen MR) is 143 cm³/mol. The van der Waals surface area contributed by atoms with Crippen LogP contribution in [-0.2, 0) is 0 Å². The standard InChI is InChI=1S/C30H28FNO3.ClH/c1-19(23-11-6-8-20-7-2-3-9-24(20)23)32-16-15-22-18-26(25-10-4-5-12-29(25)35-22)21-13-14-28(31)27(17-21)30(33)34;/h2-14,17,19,22,26,32H,15-16,18H2,1H3,(H,33,34);1H/t19-,22-,26-;/m1./s1. The molecule has 4 aromatic rings. The molecule has 0 bridgehead atoms. The third-order valence-corrected chi connectivity index (χ3v) is 6.92. The molecule has 6 heteroatoms. The van der Waals surface area contributed by atoms with E-state index in [0.717, 1.165) is 29.8 Å². The predicted octanol–water partition coefficient (Wildman–Crippen LogP) is 7.12. The smallest absolute Gasteiger partial charge is 0.338 e. The summed E-state index contributed by atoms with van der Waals surface area (Å²) in [6, 6.07) is 27.2. The molecule has 0 saturated carbocycles. The van der Waals surface area contributed by atoms with Gasteiger partial charge in [0.25, 0.3) is 0 Å². The van der Waals surface area contributed by atoms with Gasteiger partial charge >= 0.3 is 5.97 Å². The summed E-state index contributed by atoms with van der Waals surface area (Å²) in [6.45, 7) is 2.95. The zero-order chi connectivity index (χ0) is 24.4. The number of carbonyl (C=O) groups is 1. The summed E-state index contributed by atoms with van der Waals surface area (Å²) < 4.78 is 20.3. The number of carboxylic acids is 1. The van der Waals surface area contributed by atoms with Gasteiger partial charge in [-0.3, -0.25) is 0 Å². The van der Waals surface area contributed by atoms with Gasteiger partial charge in [0.15, 0.2) is 0 Å². The first-order valence-corrected chi connectivity index (χ1v) is 12.0. The fraction of sp³-hybridized carbons (Fsp3) is 0.233. The molecular weight excluding hydrogens is 477 g/mol. The van der Waals surface area contributed by atoms with Gasteiger partial charge in [0, 0.05) is 17.5 Å². The fourth-order valence-electron chi connectivity index (χ4n) is 5.11. The maximum absolute atomic E-state index is 14.0. The fourth-order valence-corrected chi connectivity index (χ4v) is 5.11. The maximum atomic E-state index is 14.0. The summed E-state index contributed by atoms with van der Waals surface area (Å²) in [5.41, 5.74) is 2.77. The number of aromatic carboxylic acids is 1. The number of benzene rings is 4. The van der Waals surface area contributed by atoms with Crippen LogP contribution in [-0.4, -0.2) is 23.7 Å². The Kier molecular flexibility index (Phi) is 7.92. The lowest BCUT2D eigenvalue weighted by molar-refractivity contribution is 0.0691. The van der Waals surface area contributed by atoms with E-state index >= 15 is 0 Å². The van der Waals surface area contributed by atoms with Crippen LogP contribution < -0.4 is 10.1 Å². The Morgan fingerprint density at radius 3 is 2.64 bits per heavy atom. The zero-order valence-corrected chi connectivity index (χ0v) is 20.8. The van der Waals surface area contributed by atoms with Crippen LogP contribution in [0.4, 0.5) is 4.39 Å². The van der Waals surface area contributed by atoms with Gasteiger partial charge in [-0.25, -0.2) is 9.18 Å². The number of carboxylic acid groups (broad SMARTS) is 1. The molecule has 0 aliphatic carbocycles. The van der Waals surface area contributed by atoms with Crippen molar-refractivity contribution in [2.75, 3.05) is 6.54 Å². The quantitative estimate of drug-likeness (QED) is 0.280. The number of hydrogen-bond acceptors (Lipinski definition) is 3. The largest absolute Gasteiger partial charge is 0.490 e. The van der Waals surface area contributed by atoms with Crippen molar-refractivity contribution in [1.29, 1.82) is 0 Å². The molecular formula is C30H29ClFNO3. The molecule has 0 saturated heterocycles. The molecule has 1 aliphatic rings. The van der Waals surface area contributed by atoms with Crippen LogP contribution in [0.2, 0.25) is 0 Å². The highest BCUT2D eigenvalue weighted by molar-refractivity contribution is 5.88. The second-order valence-electron chi connectivity index (χ2n) is 9.14. The Hall–Kier alpha value is -3.41. The number of rotatable bonds is 7. The van der Waals surface area contributed by atoms with E-state index in [4.69, 9.17) is 4.74 Å². The molecule has 36 heavy (non-hydrogen) atoms. The van der Waals surface area contributed by atoms with Crippen molar-refractivity contribution in [3.8, 4) is 5.75 Å². The first-order valence-electron chi connectivity index (χ1n) is 12.0. The van der Waals surface area contributed by atoms with E-state index < -0.39 is 11.8 Å². The first kappa shape index (κ1) is 25.7. The van der Waals surface area contributed by atoms with Crippen LogP contribution in [0.3, 0.4) is 0 Å². The molecule has 0 unspecified atom stereocenters. The van der Waals surface area contributed by atoms with E-state index in [-0.39, 0.29) is 36.0 Å². The van der Waals surface area contributed by atoms with E-state index in [0.29, 0.717) is 6.42 Å².